The van der Waals surface area contributed by atoms with Crippen molar-refractivity contribution in [3.05, 3.63) is 65.7 Å². The van der Waals surface area contributed by atoms with Crippen LogP contribution in [0.5, 0.6) is 0 Å². The maximum Gasteiger partial charge on any atom is 0.326 e. The molecule has 2 aromatic carbocycles. The summed E-state index contributed by atoms with van der Waals surface area (Å²) in [6.45, 7) is -0.310. The van der Waals surface area contributed by atoms with Crippen LogP contribution < -0.4 is 10.2 Å². The molecule has 142 valence electrons. The zero-order chi connectivity index (χ0) is 19.9. The number of hydrogen-bond donors (Lipinski definition) is 1. The molecular weight excluding hydrogens is 362 g/mol. The van der Waals surface area contributed by atoms with Crippen LogP contribution in [0, 0.1) is 0 Å². The number of nitrogens with one attached hydrogen (secondary N) is 1. The fourth-order valence-electron chi connectivity index (χ4n) is 3.62. The van der Waals surface area contributed by atoms with Crippen molar-refractivity contribution in [1.82, 2.24) is 10.2 Å². The van der Waals surface area contributed by atoms with E-state index in [1.807, 2.05) is 30.3 Å². The summed E-state index contributed by atoms with van der Waals surface area (Å²) in [5.41, 5.74) is -0.0475. The van der Waals surface area contributed by atoms with Gasteiger partial charge >= 0.3 is 12.0 Å². The third-order valence-electron chi connectivity index (χ3n) is 4.97. The minimum absolute atomic E-state index is 0.249. The largest absolute Gasteiger partial charge is 0.468 e. The first-order valence-electron chi connectivity index (χ1n) is 8.65. The van der Waals surface area contributed by atoms with E-state index in [9.17, 15) is 19.2 Å². The lowest BCUT2D eigenvalue weighted by Crippen LogP contribution is -2.52. The van der Waals surface area contributed by atoms with E-state index in [0.29, 0.717) is 16.2 Å². The second-order valence-electron chi connectivity index (χ2n) is 6.54. The van der Waals surface area contributed by atoms with Gasteiger partial charge in [0.2, 0.25) is 5.54 Å². The van der Waals surface area contributed by atoms with Gasteiger partial charge in [-0.15, -0.1) is 0 Å². The van der Waals surface area contributed by atoms with Crippen LogP contribution in [0.25, 0.3) is 0 Å². The van der Waals surface area contributed by atoms with Gasteiger partial charge < -0.3 is 15.0 Å². The van der Waals surface area contributed by atoms with Gasteiger partial charge in [-0.25, -0.2) is 4.79 Å². The van der Waals surface area contributed by atoms with Crippen LogP contribution in [0.4, 0.5) is 10.5 Å². The Hall–Kier alpha value is -3.68. The highest BCUT2D eigenvalue weighted by Gasteiger charge is 2.64. The minimum atomic E-state index is -1.86. The first-order valence-corrected chi connectivity index (χ1v) is 8.65. The predicted molar refractivity (Wildman–Crippen MR) is 98.0 cm³/mol. The maximum atomic E-state index is 13.4. The van der Waals surface area contributed by atoms with Crippen molar-refractivity contribution in [2.45, 2.75) is 12.1 Å². The van der Waals surface area contributed by atoms with E-state index in [1.165, 1.54) is 4.90 Å². The van der Waals surface area contributed by atoms with Crippen LogP contribution in [0.1, 0.15) is 11.1 Å². The van der Waals surface area contributed by atoms with Crippen LogP contribution >= 0.6 is 0 Å². The number of imide groups is 1. The zero-order valence-corrected chi connectivity index (χ0v) is 15.0. The lowest BCUT2D eigenvalue weighted by atomic mass is 9.91. The molecule has 0 bridgehead atoms. The van der Waals surface area contributed by atoms with Gasteiger partial charge in [-0.2, -0.15) is 0 Å². The number of urea groups is 1. The molecule has 1 spiro atoms. The molecule has 1 fully saturated rings. The number of nitrogens with zero attached hydrogens (tertiary/aromatic N) is 2. The van der Waals surface area contributed by atoms with Gasteiger partial charge in [-0.1, -0.05) is 48.5 Å². The van der Waals surface area contributed by atoms with Crippen LogP contribution in [-0.4, -0.2) is 42.4 Å². The second-order valence-corrected chi connectivity index (χ2v) is 6.54. The van der Waals surface area contributed by atoms with Crippen molar-refractivity contribution in [2.24, 2.45) is 0 Å². The summed E-state index contributed by atoms with van der Waals surface area (Å²) >= 11 is 0. The van der Waals surface area contributed by atoms with Gasteiger partial charge in [0.25, 0.3) is 11.8 Å². The van der Waals surface area contributed by atoms with Gasteiger partial charge in [-0.05, 0) is 11.6 Å². The third-order valence-corrected chi connectivity index (χ3v) is 4.97. The molecule has 0 radical (unpaired) electrons. The molecule has 2 aromatic rings. The maximum absolute atomic E-state index is 13.4. The number of carbonyl (C=O) groups excluding carboxylic acids is 4. The first-order chi connectivity index (χ1) is 13.5. The number of para-hydroxylation sites is 1. The topological polar surface area (TPSA) is 96.0 Å². The summed E-state index contributed by atoms with van der Waals surface area (Å²) in [5.74, 6) is -2.08. The minimum Gasteiger partial charge on any atom is -0.468 e. The number of hydrogen-bond acceptors (Lipinski definition) is 5. The Labute approximate surface area is 160 Å². The number of carbonyl (C=O) groups is 4. The Bertz CT molecular complexity index is 990. The Kier molecular flexibility index (Phi) is 4.11. The van der Waals surface area contributed by atoms with Crippen molar-refractivity contribution >= 4 is 29.5 Å². The molecule has 8 heteroatoms. The molecule has 0 aromatic heterocycles. The van der Waals surface area contributed by atoms with Crippen molar-refractivity contribution in [2.75, 3.05) is 18.6 Å². The average molecular weight is 379 g/mol. The summed E-state index contributed by atoms with van der Waals surface area (Å²) in [4.78, 5) is 52.8. The quantitative estimate of drug-likeness (QED) is 0.488. The molecule has 8 nitrogen and oxygen atoms in total. The molecular formula is C20H17N3O5. The molecule has 1 unspecified atom stereocenters. The SMILES string of the molecule is COC(=O)CN1C(=O)NC2(C1=O)C(=O)N(Cc1ccccc1)c1ccccc12. The summed E-state index contributed by atoms with van der Waals surface area (Å²) in [6, 6.07) is 15.4. The first kappa shape index (κ1) is 17.7. The Morgan fingerprint density at radius 2 is 1.61 bits per heavy atom. The third kappa shape index (κ3) is 2.45. The fraction of sp³-hybridized carbons (Fsp3) is 0.200. The van der Waals surface area contributed by atoms with Crippen LogP contribution in [-0.2, 0) is 31.2 Å². The standard InChI is InChI=1S/C20H17N3O5/c1-28-16(24)12-23-18(26)20(21-19(23)27)14-9-5-6-10-15(14)22(17(20)25)11-13-7-3-2-4-8-13/h2-10H,11-12H2,1H3,(H,21,27). The van der Waals surface area contributed by atoms with E-state index in [4.69, 9.17) is 0 Å². The van der Waals surface area contributed by atoms with Gasteiger partial charge in [0.05, 0.1) is 19.3 Å². The number of benzene rings is 2. The Morgan fingerprint density at radius 3 is 2.32 bits per heavy atom. The number of anilines is 1. The molecule has 2 aliphatic rings. The molecule has 28 heavy (non-hydrogen) atoms. The van der Waals surface area contributed by atoms with E-state index in [-0.39, 0.29) is 6.54 Å². The van der Waals surface area contributed by atoms with Crippen molar-refractivity contribution in [3.8, 4) is 0 Å². The second kappa shape index (κ2) is 6.49. The highest BCUT2D eigenvalue weighted by molar-refractivity contribution is 6.28. The van der Waals surface area contributed by atoms with E-state index in [1.54, 1.807) is 24.3 Å². The number of amides is 4. The van der Waals surface area contributed by atoms with Gasteiger partial charge in [-0.3, -0.25) is 19.3 Å². The molecule has 1 atom stereocenters. The molecule has 1 saturated heterocycles. The summed E-state index contributed by atoms with van der Waals surface area (Å²) in [5, 5.41) is 2.52. The number of fused-ring (bicyclic) bond motifs is 2. The van der Waals surface area contributed by atoms with Crippen LogP contribution in [0.3, 0.4) is 0 Å². The number of ether oxygens (including phenoxy) is 1. The highest BCUT2D eigenvalue weighted by atomic mass is 16.5. The Morgan fingerprint density at radius 1 is 0.964 bits per heavy atom. The molecule has 4 amide bonds. The molecule has 0 aliphatic carbocycles. The van der Waals surface area contributed by atoms with Crippen LogP contribution in [0.15, 0.2) is 54.6 Å². The van der Waals surface area contributed by atoms with Gasteiger partial charge in [0.1, 0.15) is 6.54 Å². The van der Waals surface area contributed by atoms with Crippen molar-refractivity contribution < 1.29 is 23.9 Å². The highest BCUT2D eigenvalue weighted by Crippen LogP contribution is 2.44. The van der Waals surface area contributed by atoms with E-state index < -0.39 is 35.9 Å². The van der Waals surface area contributed by atoms with E-state index >= 15 is 0 Å². The molecule has 2 heterocycles. The molecule has 0 saturated carbocycles. The van der Waals surface area contributed by atoms with Gasteiger partial charge in [0.15, 0.2) is 0 Å². The monoisotopic (exact) mass is 379 g/mol. The van der Waals surface area contributed by atoms with E-state index in [0.717, 1.165) is 12.7 Å². The van der Waals surface area contributed by atoms with Crippen LogP contribution in [0.2, 0.25) is 0 Å². The smallest absolute Gasteiger partial charge is 0.326 e. The van der Waals surface area contributed by atoms with Crippen molar-refractivity contribution in [3.63, 3.8) is 0 Å². The van der Waals surface area contributed by atoms with E-state index in [2.05, 4.69) is 10.1 Å². The molecule has 4 rings (SSSR count). The van der Waals surface area contributed by atoms with Crippen molar-refractivity contribution in [1.29, 1.82) is 0 Å². The lowest BCUT2D eigenvalue weighted by Gasteiger charge is -2.22. The zero-order valence-electron chi connectivity index (χ0n) is 15.0. The molecule has 1 N–H and O–H groups in total. The predicted octanol–water partition coefficient (Wildman–Crippen LogP) is 1.15. The lowest BCUT2D eigenvalue weighted by molar-refractivity contribution is -0.147. The normalized spacial score (nSPS) is 20.5. The van der Waals surface area contributed by atoms with Gasteiger partial charge in [0, 0.05) is 5.56 Å². The summed E-state index contributed by atoms with van der Waals surface area (Å²) in [7, 11) is 1.16. The summed E-state index contributed by atoms with van der Waals surface area (Å²) in [6.07, 6.45) is 0. The summed E-state index contributed by atoms with van der Waals surface area (Å²) < 4.78 is 4.55. The number of rotatable bonds is 4. The average Bonchev–Trinajstić information content (AvgIpc) is 3.10. The molecule has 2 aliphatic heterocycles. The fourth-order valence-corrected chi connectivity index (χ4v) is 3.62. The number of methoxy groups -OCH3 is 1. The number of esters is 1. The Balaban J connectivity index is 1.76.